The molecule has 2 heterocycles. The Bertz CT molecular complexity index is 897. The number of ether oxygens (including phenoxy) is 2. The van der Waals surface area contributed by atoms with Crippen molar-refractivity contribution in [3.63, 3.8) is 0 Å². The van der Waals surface area contributed by atoms with Gasteiger partial charge in [-0.3, -0.25) is 4.79 Å². The van der Waals surface area contributed by atoms with Crippen molar-refractivity contribution in [2.75, 3.05) is 44.0 Å². The Morgan fingerprint density at radius 1 is 1.28 bits per heavy atom. The summed E-state index contributed by atoms with van der Waals surface area (Å²) < 4.78 is 11.7. The summed E-state index contributed by atoms with van der Waals surface area (Å²) in [5.74, 6) is 1.96. The SMILES string of the molecule is CCOc1cc(CNc2cccnc2N2CCC(O)CC2)ccc1O[C@@H](C)C(=O)N(C)C. The highest BCUT2D eigenvalue weighted by Gasteiger charge is 2.21. The maximum absolute atomic E-state index is 12.1. The topological polar surface area (TPSA) is 87.2 Å². The quantitative estimate of drug-likeness (QED) is 0.617. The predicted octanol–water partition coefficient (Wildman–Crippen LogP) is 2.91. The maximum atomic E-state index is 12.1. The molecule has 1 atom stereocenters. The zero-order chi connectivity index (χ0) is 23.1. The number of carbonyl (C=O) groups is 1. The first-order valence-corrected chi connectivity index (χ1v) is 11.1. The Morgan fingerprint density at radius 2 is 2.03 bits per heavy atom. The smallest absolute Gasteiger partial charge is 0.262 e. The standard InChI is InChI=1S/C24H34N4O4/c1-5-31-22-15-18(8-9-21(22)32-17(2)24(30)27(3)4)16-26-20-7-6-12-25-23(20)28-13-10-19(29)11-14-28/h6-9,12,15,17,19,26,29H,5,10-11,13-14,16H2,1-4H3/t17-/m0/s1. The highest BCUT2D eigenvalue weighted by Crippen LogP contribution is 2.31. The van der Waals surface area contributed by atoms with Crippen LogP contribution in [0.5, 0.6) is 11.5 Å². The average Bonchev–Trinajstić information content (AvgIpc) is 2.79. The van der Waals surface area contributed by atoms with E-state index in [1.807, 2.05) is 37.3 Å². The molecule has 8 heteroatoms. The van der Waals surface area contributed by atoms with Gasteiger partial charge in [0.1, 0.15) is 0 Å². The van der Waals surface area contributed by atoms with E-state index in [0.717, 1.165) is 43.0 Å². The first-order valence-electron chi connectivity index (χ1n) is 11.1. The first-order chi connectivity index (χ1) is 15.4. The fourth-order valence-electron chi connectivity index (χ4n) is 3.69. The molecular formula is C24H34N4O4. The number of piperidine rings is 1. The van der Waals surface area contributed by atoms with E-state index < -0.39 is 6.10 Å². The fourth-order valence-corrected chi connectivity index (χ4v) is 3.69. The Kier molecular flexibility index (Phi) is 8.16. The van der Waals surface area contributed by atoms with Crippen LogP contribution in [-0.2, 0) is 11.3 Å². The van der Waals surface area contributed by atoms with Crippen LogP contribution in [0.4, 0.5) is 11.5 Å². The summed E-state index contributed by atoms with van der Waals surface area (Å²) in [6, 6.07) is 9.67. The second kappa shape index (κ2) is 11.0. The van der Waals surface area contributed by atoms with Crippen molar-refractivity contribution in [2.45, 2.75) is 45.4 Å². The minimum Gasteiger partial charge on any atom is -0.490 e. The van der Waals surface area contributed by atoms with E-state index in [-0.39, 0.29) is 12.0 Å². The lowest BCUT2D eigenvalue weighted by Crippen LogP contribution is -2.36. The van der Waals surface area contributed by atoms with Crippen molar-refractivity contribution in [2.24, 2.45) is 0 Å². The van der Waals surface area contributed by atoms with Crippen molar-refractivity contribution in [3.8, 4) is 11.5 Å². The van der Waals surface area contributed by atoms with E-state index in [0.29, 0.717) is 24.7 Å². The number of carbonyl (C=O) groups excluding carboxylic acids is 1. The Labute approximate surface area is 190 Å². The molecule has 0 unspecified atom stereocenters. The summed E-state index contributed by atoms with van der Waals surface area (Å²) in [7, 11) is 3.41. The van der Waals surface area contributed by atoms with Crippen molar-refractivity contribution in [1.82, 2.24) is 9.88 Å². The lowest BCUT2D eigenvalue weighted by molar-refractivity contribution is -0.135. The van der Waals surface area contributed by atoms with Crippen LogP contribution >= 0.6 is 0 Å². The number of benzene rings is 1. The second-order valence-electron chi connectivity index (χ2n) is 8.15. The molecule has 1 amide bonds. The van der Waals surface area contributed by atoms with Gasteiger partial charge in [-0.1, -0.05) is 6.07 Å². The number of aliphatic hydroxyl groups is 1. The minimum atomic E-state index is -0.603. The van der Waals surface area contributed by atoms with Gasteiger partial charge in [0.15, 0.2) is 23.4 Å². The number of nitrogens with one attached hydrogen (secondary N) is 1. The van der Waals surface area contributed by atoms with E-state index in [4.69, 9.17) is 9.47 Å². The molecular weight excluding hydrogens is 408 g/mol. The van der Waals surface area contributed by atoms with Gasteiger partial charge in [0.2, 0.25) is 0 Å². The van der Waals surface area contributed by atoms with Gasteiger partial charge in [0.25, 0.3) is 5.91 Å². The molecule has 3 rings (SSSR count). The Balaban J connectivity index is 1.71. The van der Waals surface area contributed by atoms with E-state index in [9.17, 15) is 9.90 Å². The minimum absolute atomic E-state index is 0.104. The molecule has 1 aliphatic rings. The summed E-state index contributed by atoms with van der Waals surface area (Å²) in [6.45, 7) is 6.31. The number of amides is 1. The molecule has 1 aromatic heterocycles. The molecule has 1 saturated heterocycles. The number of pyridine rings is 1. The highest BCUT2D eigenvalue weighted by atomic mass is 16.5. The second-order valence-corrected chi connectivity index (χ2v) is 8.15. The van der Waals surface area contributed by atoms with Crippen molar-refractivity contribution in [3.05, 3.63) is 42.1 Å². The van der Waals surface area contributed by atoms with Gasteiger partial charge >= 0.3 is 0 Å². The Morgan fingerprint density at radius 3 is 2.72 bits per heavy atom. The lowest BCUT2D eigenvalue weighted by atomic mass is 10.1. The normalized spacial score (nSPS) is 15.2. The molecule has 2 N–H and O–H groups in total. The van der Waals surface area contributed by atoms with Crippen molar-refractivity contribution in [1.29, 1.82) is 0 Å². The number of rotatable bonds is 9. The van der Waals surface area contributed by atoms with Crippen LogP contribution in [0.15, 0.2) is 36.5 Å². The van der Waals surface area contributed by atoms with E-state index in [1.54, 1.807) is 27.2 Å². The van der Waals surface area contributed by atoms with Crippen LogP contribution in [0.25, 0.3) is 0 Å². The number of hydrogen-bond donors (Lipinski definition) is 2. The van der Waals surface area contributed by atoms with Crippen LogP contribution in [0.1, 0.15) is 32.3 Å². The van der Waals surface area contributed by atoms with E-state index >= 15 is 0 Å². The van der Waals surface area contributed by atoms with Crippen LogP contribution in [0.2, 0.25) is 0 Å². The number of likely N-dealkylation sites (N-methyl/N-ethyl adjacent to an activating group) is 1. The summed E-state index contributed by atoms with van der Waals surface area (Å²) in [5.41, 5.74) is 1.98. The molecule has 8 nitrogen and oxygen atoms in total. The zero-order valence-corrected chi connectivity index (χ0v) is 19.4. The summed E-state index contributed by atoms with van der Waals surface area (Å²) in [4.78, 5) is 20.4. The highest BCUT2D eigenvalue weighted by molar-refractivity contribution is 5.80. The van der Waals surface area contributed by atoms with Crippen LogP contribution in [0.3, 0.4) is 0 Å². The van der Waals surface area contributed by atoms with Crippen molar-refractivity contribution < 1.29 is 19.4 Å². The monoisotopic (exact) mass is 442 g/mol. The Hall–Kier alpha value is -3.00. The molecule has 32 heavy (non-hydrogen) atoms. The molecule has 1 aliphatic heterocycles. The van der Waals surface area contributed by atoms with Gasteiger partial charge in [-0.15, -0.1) is 0 Å². The van der Waals surface area contributed by atoms with Gasteiger partial charge in [-0.25, -0.2) is 4.98 Å². The van der Waals surface area contributed by atoms with E-state index in [2.05, 4.69) is 15.2 Å². The summed E-state index contributed by atoms with van der Waals surface area (Å²) in [6.07, 6.45) is 2.48. The molecule has 0 bridgehead atoms. The molecule has 0 aliphatic carbocycles. The fraction of sp³-hybridized carbons (Fsp3) is 0.500. The average molecular weight is 443 g/mol. The predicted molar refractivity (Wildman–Crippen MR) is 125 cm³/mol. The number of aliphatic hydroxyl groups excluding tert-OH is 1. The molecule has 1 aromatic carbocycles. The van der Waals surface area contributed by atoms with E-state index in [1.165, 1.54) is 4.90 Å². The van der Waals surface area contributed by atoms with Gasteiger partial charge in [-0.2, -0.15) is 0 Å². The molecule has 0 saturated carbocycles. The molecule has 2 aromatic rings. The van der Waals surface area contributed by atoms with Gasteiger partial charge < -0.3 is 29.7 Å². The van der Waals surface area contributed by atoms with Gasteiger partial charge in [0, 0.05) is 39.9 Å². The summed E-state index contributed by atoms with van der Waals surface area (Å²) in [5, 5.41) is 13.3. The summed E-state index contributed by atoms with van der Waals surface area (Å²) >= 11 is 0. The number of anilines is 2. The number of nitrogens with zero attached hydrogens (tertiary/aromatic N) is 3. The molecule has 0 radical (unpaired) electrons. The van der Waals surface area contributed by atoms with Gasteiger partial charge in [0.05, 0.1) is 18.4 Å². The van der Waals surface area contributed by atoms with Crippen LogP contribution in [-0.4, -0.2) is 66.9 Å². The first kappa shape index (κ1) is 23.7. The third-order valence-corrected chi connectivity index (χ3v) is 5.43. The lowest BCUT2D eigenvalue weighted by Gasteiger charge is -2.31. The third kappa shape index (κ3) is 6.03. The van der Waals surface area contributed by atoms with Crippen molar-refractivity contribution >= 4 is 17.4 Å². The molecule has 1 fully saturated rings. The largest absolute Gasteiger partial charge is 0.490 e. The number of hydrogen-bond acceptors (Lipinski definition) is 7. The van der Waals surface area contributed by atoms with Crippen LogP contribution in [0, 0.1) is 0 Å². The van der Waals surface area contributed by atoms with Crippen LogP contribution < -0.4 is 19.7 Å². The number of aromatic nitrogens is 1. The molecule has 0 spiro atoms. The maximum Gasteiger partial charge on any atom is 0.262 e. The zero-order valence-electron chi connectivity index (χ0n) is 19.4. The third-order valence-electron chi connectivity index (χ3n) is 5.43. The van der Waals surface area contributed by atoms with Gasteiger partial charge in [-0.05, 0) is 56.5 Å². The molecule has 174 valence electrons.